The second-order valence-corrected chi connectivity index (χ2v) is 2.72. The van der Waals surface area contributed by atoms with Crippen molar-refractivity contribution in [3.05, 3.63) is 0 Å². The molecule has 1 rings (SSSR count). The maximum Gasteiger partial charge on any atom is 0.184 e. The summed E-state index contributed by atoms with van der Waals surface area (Å²) in [5.74, 6) is 0. The van der Waals surface area contributed by atoms with E-state index in [9.17, 15) is 0 Å². The molecule has 1 heterocycles. The first kappa shape index (κ1) is 9.85. The van der Waals surface area contributed by atoms with Crippen molar-refractivity contribution in [1.82, 2.24) is 0 Å². The summed E-state index contributed by atoms with van der Waals surface area (Å²) in [6, 6.07) is 0. The van der Waals surface area contributed by atoms with Gasteiger partial charge in [0.25, 0.3) is 0 Å². The van der Waals surface area contributed by atoms with Gasteiger partial charge in [-0.15, -0.1) is 0 Å². The number of hydrogen-bond acceptors (Lipinski definition) is 6. The maximum absolute atomic E-state index is 9.12. The van der Waals surface area contributed by atoms with Crippen LogP contribution in [0.4, 0.5) is 0 Å². The lowest BCUT2D eigenvalue weighted by Crippen LogP contribution is -2.58. The zero-order valence-corrected chi connectivity index (χ0v) is 6.24. The quantitative estimate of drug-likeness (QED) is 0.290. The van der Waals surface area contributed by atoms with E-state index in [2.05, 4.69) is 4.74 Å². The van der Waals surface area contributed by atoms with Crippen LogP contribution >= 0.6 is 0 Å². The van der Waals surface area contributed by atoms with Crippen LogP contribution in [0.5, 0.6) is 0 Å². The van der Waals surface area contributed by atoms with Crippen LogP contribution in [0.3, 0.4) is 0 Å². The van der Waals surface area contributed by atoms with Gasteiger partial charge < -0.3 is 30.3 Å². The molecule has 0 spiro atoms. The Morgan fingerprint density at radius 2 is 1.50 bits per heavy atom. The minimum Gasteiger partial charge on any atom is -0.394 e. The Balaban J connectivity index is 2.63. The van der Waals surface area contributed by atoms with E-state index < -0.39 is 37.3 Å². The Morgan fingerprint density at radius 1 is 0.917 bits per heavy atom. The van der Waals surface area contributed by atoms with Gasteiger partial charge in [-0.2, -0.15) is 0 Å². The van der Waals surface area contributed by atoms with E-state index in [1.807, 2.05) is 0 Å². The molecule has 0 aromatic heterocycles. The highest BCUT2D eigenvalue weighted by atomic mass is 16.6. The molecule has 0 unspecified atom stereocenters. The molecule has 0 radical (unpaired) electrons. The fourth-order valence-electron chi connectivity index (χ4n) is 1.08. The second kappa shape index (κ2) is 3.65. The zero-order chi connectivity index (χ0) is 9.30. The van der Waals surface area contributed by atoms with E-state index in [0.717, 1.165) is 0 Å². The average Bonchev–Trinajstić information content (AvgIpc) is 2.08. The van der Waals surface area contributed by atoms with Crippen molar-refractivity contribution >= 4 is 0 Å². The highest BCUT2D eigenvalue weighted by Gasteiger charge is 2.42. The molecule has 72 valence electrons. The standard InChI is InChI=1S/C6H12O6/c7-1-2-3(8)4(9)5(10)6(11)12-2/h2-11H,1H2/t2-,3-,4+,5-,6+/m0/s1. The monoisotopic (exact) mass is 180 g/mol. The molecule has 0 amide bonds. The molecule has 6 nitrogen and oxygen atoms in total. The molecule has 5 N–H and O–H groups in total. The van der Waals surface area contributed by atoms with Crippen LogP contribution in [-0.2, 0) is 4.74 Å². The van der Waals surface area contributed by atoms with Gasteiger partial charge in [0, 0.05) is 0 Å². The highest BCUT2D eigenvalue weighted by molar-refractivity contribution is 4.87. The SMILES string of the molecule is OC[C@@H]1O[C@@H](O)[C@@H](O)[C@H](O)[C@H]1O. The van der Waals surface area contributed by atoms with Gasteiger partial charge in [-0.05, 0) is 0 Å². The summed E-state index contributed by atoms with van der Waals surface area (Å²) >= 11 is 0. The fourth-order valence-corrected chi connectivity index (χ4v) is 1.08. The molecule has 0 aromatic rings. The van der Waals surface area contributed by atoms with Crippen molar-refractivity contribution in [3.63, 3.8) is 0 Å². The summed E-state index contributed by atoms with van der Waals surface area (Å²) in [7, 11) is 0. The highest BCUT2D eigenvalue weighted by Crippen LogP contribution is 2.18. The topological polar surface area (TPSA) is 110 Å². The van der Waals surface area contributed by atoms with Crippen LogP contribution in [0.1, 0.15) is 0 Å². The van der Waals surface area contributed by atoms with Crippen LogP contribution in [0.2, 0.25) is 0 Å². The minimum atomic E-state index is -1.57. The van der Waals surface area contributed by atoms with Crippen LogP contribution in [0.15, 0.2) is 0 Å². The van der Waals surface area contributed by atoms with E-state index in [-0.39, 0.29) is 0 Å². The van der Waals surface area contributed by atoms with Crippen molar-refractivity contribution in [3.8, 4) is 0 Å². The van der Waals surface area contributed by atoms with Crippen molar-refractivity contribution in [2.24, 2.45) is 0 Å². The molecule has 12 heavy (non-hydrogen) atoms. The van der Waals surface area contributed by atoms with Crippen LogP contribution in [0.25, 0.3) is 0 Å². The molecule has 1 fully saturated rings. The third-order valence-electron chi connectivity index (χ3n) is 1.87. The fraction of sp³-hybridized carbons (Fsp3) is 1.00. The Bertz CT molecular complexity index is 146. The van der Waals surface area contributed by atoms with Crippen molar-refractivity contribution in [2.45, 2.75) is 30.7 Å². The lowest BCUT2D eigenvalue weighted by molar-refractivity contribution is -0.286. The maximum atomic E-state index is 9.12. The Labute approximate surface area is 68.6 Å². The summed E-state index contributed by atoms with van der Waals surface area (Å²) in [5.41, 5.74) is 0. The predicted octanol–water partition coefficient (Wildman–Crippen LogP) is -3.22. The molecular formula is C6H12O6. The molecule has 6 heteroatoms. The molecule has 5 atom stereocenters. The molecule has 0 bridgehead atoms. The lowest BCUT2D eigenvalue weighted by Gasteiger charge is -2.37. The molecular weight excluding hydrogens is 168 g/mol. The molecule has 0 aromatic carbocycles. The number of rotatable bonds is 1. The van der Waals surface area contributed by atoms with Gasteiger partial charge in [-0.3, -0.25) is 0 Å². The van der Waals surface area contributed by atoms with Crippen molar-refractivity contribution in [1.29, 1.82) is 0 Å². The average molecular weight is 180 g/mol. The molecule has 1 aliphatic heterocycles. The lowest BCUT2D eigenvalue weighted by atomic mass is 10.00. The van der Waals surface area contributed by atoms with E-state index in [4.69, 9.17) is 25.5 Å². The molecule has 1 saturated heterocycles. The van der Waals surface area contributed by atoms with E-state index >= 15 is 0 Å². The molecule has 1 aliphatic rings. The van der Waals surface area contributed by atoms with Gasteiger partial charge in [0.15, 0.2) is 6.29 Å². The van der Waals surface area contributed by atoms with Gasteiger partial charge in [0.1, 0.15) is 24.4 Å². The number of aliphatic hydroxyl groups is 5. The number of aliphatic hydroxyl groups excluding tert-OH is 5. The van der Waals surface area contributed by atoms with E-state index in [1.165, 1.54) is 0 Å². The smallest absolute Gasteiger partial charge is 0.184 e. The molecule has 0 saturated carbocycles. The van der Waals surface area contributed by atoms with Crippen LogP contribution in [-0.4, -0.2) is 62.8 Å². The Hall–Kier alpha value is -0.240. The Morgan fingerprint density at radius 3 is 2.00 bits per heavy atom. The van der Waals surface area contributed by atoms with Crippen molar-refractivity contribution in [2.75, 3.05) is 6.61 Å². The van der Waals surface area contributed by atoms with Gasteiger partial charge in [0.05, 0.1) is 6.61 Å². The first-order chi connectivity index (χ1) is 5.57. The first-order valence-corrected chi connectivity index (χ1v) is 3.56. The van der Waals surface area contributed by atoms with Gasteiger partial charge in [0.2, 0.25) is 0 Å². The van der Waals surface area contributed by atoms with E-state index in [0.29, 0.717) is 0 Å². The third-order valence-corrected chi connectivity index (χ3v) is 1.87. The summed E-state index contributed by atoms with van der Waals surface area (Å²) in [5, 5.41) is 44.7. The molecule has 0 aliphatic carbocycles. The largest absolute Gasteiger partial charge is 0.394 e. The third kappa shape index (κ3) is 1.58. The first-order valence-electron chi connectivity index (χ1n) is 3.56. The summed E-state index contributed by atoms with van der Waals surface area (Å²) in [4.78, 5) is 0. The van der Waals surface area contributed by atoms with Crippen LogP contribution in [0, 0.1) is 0 Å². The minimum absolute atomic E-state index is 0.526. The predicted molar refractivity (Wildman–Crippen MR) is 36.0 cm³/mol. The normalized spacial score (nSPS) is 49.2. The summed E-state index contributed by atoms with van der Waals surface area (Å²) < 4.78 is 4.58. The summed E-state index contributed by atoms with van der Waals surface area (Å²) in [6.45, 7) is -0.526. The van der Waals surface area contributed by atoms with Gasteiger partial charge >= 0.3 is 0 Å². The van der Waals surface area contributed by atoms with Crippen LogP contribution < -0.4 is 0 Å². The number of hydrogen-bond donors (Lipinski definition) is 5. The van der Waals surface area contributed by atoms with Crippen molar-refractivity contribution < 1.29 is 30.3 Å². The van der Waals surface area contributed by atoms with Gasteiger partial charge in [-0.1, -0.05) is 0 Å². The zero-order valence-electron chi connectivity index (χ0n) is 6.24. The number of ether oxygens (including phenoxy) is 1. The second-order valence-electron chi connectivity index (χ2n) is 2.72. The van der Waals surface area contributed by atoms with Gasteiger partial charge in [-0.25, -0.2) is 0 Å². The van der Waals surface area contributed by atoms with E-state index in [1.54, 1.807) is 0 Å². The summed E-state index contributed by atoms with van der Waals surface area (Å²) in [6.07, 6.45) is -7.04. The Kier molecular flexibility index (Phi) is 2.99.